The second kappa shape index (κ2) is 27.9. The quantitative estimate of drug-likeness (QED) is 0.0227. The van der Waals surface area contributed by atoms with Gasteiger partial charge < -0.3 is 33.0 Å². The molecule has 0 heterocycles. The van der Waals surface area contributed by atoms with Crippen molar-refractivity contribution in [1.29, 1.82) is 0 Å². The summed E-state index contributed by atoms with van der Waals surface area (Å²) in [5.74, 6) is 20.7. The predicted octanol–water partition coefficient (Wildman–Crippen LogP) is 9.69. The molecule has 6 aromatic carbocycles. The molecule has 0 amide bonds. The number of ether oxygens (including phenoxy) is 6. The molecule has 0 atom stereocenters. The van der Waals surface area contributed by atoms with Crippen LogP contribution in [0, 0.1) is 35.5 Å². The minimum absolute atomic E-state index is 0.229. The zero-order valence-electron chi connectivity index (χ0n) is 40.4. The van der Waals surface area contributed by atoms with Crippen molar-refractivity contribution in [2.75, 3.05) is 39.6 Å². The minimum Gasteiger partial charge on any atom is -0.494 e. The number of hydrogen-bond acceptors (Lipinski definition) is 10. The van der Waals surface area contributed by atoms with Crippen LogP contribution in [0.2, 0.25) is 0 Å². The van der Waals surface area contributed by atoms with Crippen molar-refractivity contribution in [3.8, 4) is 52.8 Å². The summed E-state index contributed by atoms with van der Waals surface area (Å²) in [4.78, 5) is 34.8. The van der Waals surface area contributed by atoms with Crippen molar-refractivity contribution in [3.63, 3.8) is 0 Å². The molecule has 0 aromatic heterocycles. The van der Waals surface area contributed by atoms with Gasteiger partial charge in [0, 0.05) is 68.6 Å². The third kappa shape index (κ3) is 16.9. The van der Waals surface area contributed by atoms with Crippen LogP contribution in [0.5, 0.6) is 17.2 Å². The van der Waals surface area contributed by atoms with Gasteiger partial charge in [-0.2, -0.15) is 0 Å². The summed E-state index contributed by atoms with van der Waals surface area (Å²) in [6, 6.07) is 45.0. The van der Waals surface area contributed by atoms with E-state index in [2.05, 4.69) is 35.5 Å². The average Bonchev–Trinajstić information content (AvgIpc) is 3.40. The molecule has 6 aromatic rings. The Balaban J connectivity index is 1.16. The second-order valence-electron chi connectivity index (χ2n) is 15.8. The molecule has 0 fully saturated rings. The van der Waals surface area contributed by atoms with Crippen LogP contribution in [0.4, 0.5) is 0 Å². The summed E-state index contributed by atoms with van der Waals surface area (Å²) in [5, 5.41) is 1.95. The number of esters is 3. The largest absolute Gasteiger partial charge is 0.494 e. The van der Waals surface area contributed by atoms with Gasteiger partial charge in [0.25, 0.3) is 0 Å². The monoisotopic (exact) mass is 968 g/mol. The van der Waals surface area contributed by atoms with Crippen molar-refractivity contribution >= 4 is 41.0 Å². The summed E-state index contributed by atoms with van der Waals surface area (Å²) in [6.45, 7) is 7.67. The molecule has 0 saturated carbocycles. The van der Waals surface area contributed by atoms with E-state index in [-0.39, 0.29) is 17.9 Å². The number of rotatable bonds is 21. The first kappa shape index (κ1) is 52.4. The molecular weight excluding hydrogens is 912 g/mol. The average molecular weight is 969 g/mol. The van der Waals surface area contributed by atoms with Gasteiger partial charge in [-0.3, -0.25) is 14.4 Å². The normalized spacial score (nSPS) is 10.5. The first-order chi connectivity index (χ1) is 34.6. The maximum absolute atomic E-state index is 15.6. The minimum atomic E-state index is -3.41. The lowest BCUT2D eigenvalue weighted by Gasteiger charge is -2.20. The molecule has 0 unspecified atom stereocenters. The number of benzene rings is 6. The molecule has 11 heteroatoms. The zero-order valence-corrected chi connectivity index (χ0v) is 41.3. The van der Waals surface area contributed by atoms with Crippen LogP contribution in [0.15, 0.2) is 146 Å². The number of hydrogen-bond donors (Lipinski definition) is 0. The molecule has 0 aliphatic heterocycles. The zero-order chi connectivity index (χ0) is 50.1. The fraction of sp³-hybridized carbons (Fsp3) is 0.250. The molecule has 0 saturated heterocycles. The Bertz CT molecular complexity index is 2590. The molecule has 0 spiro atoms. The van der Waals surface area contributed by atoms with Gasteiger partial charge in [0.2, 0.25) is 0 Å². The van der Waals surface area contributed by atoms with Gasteiger partial charge in [-0.25, -0.2) is 0 Å². The highest BCUT2D eigenvalue weighted by Gasteiger charge is 2.29. The highest BCUT2D eigenvalue weighted by atomic mass is 31.2. The van der Waals surface area contributed by atoms with Crippen molar-refractivity contribution < 1.29 is 47.4 Å². The Morgan fingerprint density at radius 2 is 0.563 bits per heavy atom. The fourth-order valence-corrected chi connectivity index (χ4v) is 9.57. The summed E-state index contributed by atoms with van der Waals surface area (Å²) >= 11 is 0. The molecule has 0 aliphatic carbocycles. The van der Waals surface area contributed by atoms with Gasteiger partial charge in [0.15, 0.2) is 7.14 Å². The Kier molecular flexibility index (Phi) is 20.6. The van der Waals surface area contributed by atoms with Crippen LogP contribution >= 0.6 is 7.14 Å². The van der Waals surface area contributed by atoms with Crippen molar-refractivity contribution in [1.82, 2.24) is 0 Å². The third-order valence-electron chi connectivity index (χ3n) is 10.6. The van der Waals surface area contributed by atoms with Crippen LogP contribution in [-0.2, 0) is 33.2 Å². The van der Waals surface area contributed by atoms with Gasteiger partial charge in [-0.1, -0.05) is 35.5 Å². The molecule has 0 bridgehead atoms. The topological polar surface area (TPSA) is 124 Å². The van der Waals surface area contributed by atoms with Crippen molar-refractivity contribution in [2.45, 2.75) is 59.3 Å². The SMILES string of the molecule is CCOC(=O)CCCOc1ccc(C#Cc2ccc(P(=O)(c3ccc(C#Cc4ccc(OCCCC(=O)OCC)cc4)cc3)c3ccc(C#Cc4ccc(OCCCC(=O)OCC)cc4)cc3)cc2)cc1. The molecular formula is C60H57O10P. The molecule has 71 heavy (non-hydrogen) atoms. The predicted molar refractivity (Wildman–Crippen MR) is 277 cm³/mol. The number of carbonyl (C=O) groups excluding carboxylic acids is 3. The lowest BCUT2D eigenvalue weighted by atomic mass is 10.2. The van der Waals surface area contributed by atoms with Crippen LogP contribution in [-0.4, -0.2) is 57.5 Å². The summed E-state index contributed by atoms with van der Waals surface area (Å²) in [7, 11) is -3.41. The molecule has 0 N–H and O–H groups in total. The Morgan fingerprint density at radius 1 is 0.352 bits per heavy atom. The van der Waals surface area contributed by atoms with Crippen LogP contribution in [0.1, 0.15) is 92.7 Å². The summed E-state index contributed by atoms with van der Waals surface area (Å²) in [5.41, 5.74) is 4.71. The second-order valence-corrected chi connectivity index (χ2v) is 18.6. The highest BCUT2D eigenvalue weighted by molar-refractivity contribution is 7.85. The van der Waals surface area contributed by atoms with Gasteiger partial charge in [0.05, 0.1) is 39.6 Å². The Labute approximate surface area is 417 Å². The van der Waals surface area contributed by atoms with Crippen LogP contribution < -0.4 is 30.1 Å². The van der Waals surface area contributed by atoms with Gasteiger partial charge in [0.1, 0.15) is 17.2 Å². The van der Waals surface area contributed by atoms with E-state index >= 15 is 4.57 Å². The Hall–Kier alpha value is -7.96. The molecule has 362 valence electrons. The highest BCUT2D eigenvalue weighted by Crippen LogP contribution is 2.42. The van der Waals surface area contributed by atoms with Crippen molar-refractivity contribution in [3.05, 3.63) is 179 Å². The van der Waals surface area contributed by atoms with E-state index in [9.17, 15) is 14.4 Å². The molecule has 0 aliphatic rings. The summed E-state index contributed by atoms with van der Waals surface area (Å²) < 4.78 is 47.9. The first-order valence-electron chi connectivity index (χ1n) is 23.8. The fourth-order valence-electron chi connectivity index (χ4n) is 6.97. The molecule has 0 radical (unpaired) electrons. The van der Waals surface area contributed by atoms with Gasteiger partial charge >= 0.3 is 17.9 Å². The number of carbonyl (C=O) groups is 3. The van der Waals surface area contributed by atoms with Crippen LogP contribution in [0.25, 0.3) is 0 Å². The van der Waals surface area contributed by atoms with Crippen LogP contribution in [0.3, 0.4) is 0 Å². The van der Waals surface area contributed by atoms with E-state index in [0.717, 1.165) is 33.4 Å². The lowest BCUT2D eigenvalue weighted by Crippen LogP contribution is -2.25. The Morgan fingerprint density at radius 3 is 0.775 bits per heavy atom. The maximum atomic E-state index is 15.6. The van der Waals surface area contributed by atoms with Gasteiger partial charge in [-0.15, -0.1) is 0 Å². The van der Waals surface area contributed by atoms with E-state index in [1.807, 2.05) is 146 Å². The maximum Gasteiger partial charge on any atom is 0.305 e. The van der Waals surface area contributed by atoms with Gasteiger partial charge in [-0.05, 0) is 186 Å². The first-order valence-corrected chi connectivity index (χ1v) is 25.5. The lowest BCUT2D eigenvalue weighted by molar-refractivity contribution is -0.144. The van der Waals surface area contributed by atoms with E-state index < -0.39 is 7.14 Å². The third-order valence-corrected chi connectivity index (χ3v) is 13.7. The molecule has 10 nitrogen and oxygen atoms in total. The van der Waals surface area contributed by atoms with E-state index in [0.29, 0.717) is 111 Å². The van der Waals surface area contributed by atoms with E-state index in [4.69, 9.17) is 28.4 Å². The van der Waals surface area contributed by atoms with E-state index in [1.54, 1.807) is 20.8 Å². The van der Waals surface area contributed by atoms with E-state index in [1.165, 1.54) is 0 Å². The summed E-state index contributed by atoms with van der Waals surface area (Å²) in [6.07, 6.45) is 2.63. The molecule has 6 rings (SSSR count). The standard InChI is InChI=1S/C60H57O10P/c1-4-65-58(61)10-7-43-68-52-31-19-46(20-32-52)13-16-49-25-37-55(38-26-49)71(64,56-39-27-50(28-40-56)17-14-47-21-33-53(34-22-47)69-44-8-11-59(62)66-5-2)57-41-29-51(30-42-57)18-15-48-23-35-54(36-24-48)70-45-9-12-60(63)67-6-3/h19-42H,4-12,43-45H2,1-3H3. The smallest absolute Gasteiger partial charge is 0.305 e. The van der Waals surface area contributed by atoms with Crippen molar-refractivity contribution in [2.24, 2.45) is 0 Å².